The van der Waals surface area contributed by atoms with Crippen LogP contribution < -0.4 is 0 Å². The Labute approximate surface area is 73.5 Å². The molecule has 0 bridgehead atoms. The van der Waals surface area contributed by atoms with Gasteiger partial charge in [-0.25, -0.2) is 0 Å². The average molecular weight is 205 g/mol. The predicted octanol–water partition coefficient (Wildman–Crippen LogP) is 4.30. The molecule has 0 spiro atoms. The molecule has 0 amide bonds. The van der Waals surface area contributed by atoms with Crippen molar-refractivity contribution in [2.24, 2.45) is 0 Å². The van der Waals surface area contributed by atoms with E-state index in [0.29, 0.717) is 0 Å². The quantitative estimate of drug-likeness (QED) is 0.442. The van der Waals surface area contributed by atoms with Crippen LogP contribution in [0.3, 0.4) is 0 Å². The lowest BCUT2D eigenvalue weighted by molar-refractivity contribution is 1.50. The van der Waals surface area contributed by atoms with Gasteiger partial charge in [0, 0.05) is 4.48 Å². The molecule has 0 nitrogen and oxygen atoms in total. The van der Waals surface area contributed by atoms with Crippen LogP contribution in [0.4, 0.5) is 0 Å². The molecule has 0 radical (unpaired) electrons. The van der Waals surface area contributed by atoms with Gasteiger partial charge in [-0.3, -0.25) is 0 Å². The van der Waals surface area contributed by atoms with Crippen LogP contribution in [0.5, 0.6) is 0 Å². The molecule has 0 aliphatic carbocycles. The van der Waals surface area contributed by atoms with E-state index >= 15 is 0 Å². The standard InChI is InChI=1S/C4H5Br.C3H6.C2H6/c1-3-4(2)5;1-3-2;1-2/h3H,1-2H2;3H,1H2,2H3;1-2H3. The van der Waals surface area contributed by atoms with Gasteiger partial charge in [0.05, 0.1) is 0 Å². The van der Waals surface area contributed by atoms with Crippen LogP contribution in [0.2, 0.25) is 0 Å². The fourth-order valence-corrected chi connectivity index (χ4v) is 0. The molecule has 0 aliphatic heterocycles. The molecular formula is C9H17Br. The normalized spacial score (nSPS) is 5.20. The molecule has 0 N–H and O–H groups in total. The number of hydrogen-bond acceptors (Lipinski definition) is 0. The van der Waals surface area contributed by atoms with E-state index < -0.39 is 0 Å². The second-order valence-electron chi connectivity index (χ2n) is 1.06. The largest absolute Gasteiger partial charge is 0.103 e. The highest BCUT2D eigenvalue weighted by Gasteiger charge is 1.62. The summed E-state index contributed by atoms with van der Waals surface area (Å²) in [5, 5.41) is 0. The van der Waals surface area contributed by atoms with Gasteiger partial charge < -0.3 is 0 Å². The van der Waals surface area contributed by atoms with Gasteiger partial charge in [-0.1, -0.05) is 55.1 Å². The van der Waals surface area contributed by atoms with E-state index in [1.54, 1.807) is 12.2 Å². The Kier molecular flexibility index (Phi) is 38.2. The van der Waals surface area contributed by atoms with Crippen molar-refractivity contribution in [3.05, 3.63) is 36.4 Å². The molecule has 0 aliphatic rings. The van der Waals surface area contributed by atoms with E-state index in [4.69, 9.17) is 0 Å². The van der Waals surface area contributed by atoms with Crippen LogP contribution in [0, 0.1) is 0 Å². The van der Waals surface area contributed by atoms with Gasteiger partial charge in [0.15, 0.2) is 0 Å². The first-order valence-corrected chi connectivity index (χ1v) is 4.02. The first-order chi connectivity index (χ1) is 4.68. The second-order valence-corrected chi connectivity index (χ2v) is 2.08. The Bertz CT molecular complexity index is 82.7. The van der Waals surface area contributed by atoms with E-state index in [0.717, 1.165) is 4.48 Å². The molecule has 0 saturated carbocycles. The van der Waals surface area contributed by atoms with Crippen molar-refractivity contribution in [2.45, 2.75) is 20.8 Å². The molecule has 0 aromatic heterocycles. The maximum absolute atomic E-state index is 3.47. The molecule has 0 fully saturated rings. The molecule has 0 atom stereocenters. The first kappa shape index (κ1) is 16.4. The SMILES string of the molecule is C=CC.C=CC(=C)Br.CC. The van der Waals surface area contributed by atoms with E-state index in [1.807, 2.05) is 20.8 Å². The molecule has 0 heterocycles. The zero-order valence-electron chi connectivity index (χ0n) is 7.15. The van der Waals surface area contributed by atoms with Crippen molar-refractivity contribution >= 4 is 15.9 Å². The zero-order valence-corrected chi connectivity index (χ0v) is 8.74. The second kappa shape index (κ2) is 23.4. The van der Waals surface area contributed by atoms with Crippen LogP contribution in [0.15, 0.2) is 36.4 Å². The highest BCUT2D eigenvalue weighted by atomic mass is 79.9. The average Bonchev–Trinajstić information content (AvgIpc) is 1.94. The van der Waals surface area contributed by atoms with Gasteiger partial charge in [-0.15, -0.1) is 6.58 Å². The van der Waals surface area contributed by atoms with E-state index in [2.05, 4.69) is 35.7 Å². The number of halogens is 1. The van der Waals surface area contributed by atoms with Gasteiger partial charge in [0.25, 0.3) is 0 Å². The summed E-state index contributed by atoms with van der Waals surface area (Å²) in [6, 6.07) is 0. The zero-order chi connectivity index (χ0) is 8.99. The van der Waals surface area contributed by atoms with Gasteiger partial charge in [-0.2, -0.15) is 0 Å². The van der Waals surface area contributed by atoms with Crippen LogP contribution in [0.1, 0.15) is 20.8 Å². The molecular weight excluding hydrogens is 188 g/mol. The van der Waals surface area contributed by atoms with Gasteiger partial charge in [0.2, 0.25) is 0 Å². The molecule has 0 unspecified atom stereocenters. The summed E-state index contributed by atoms with van der Waals surface area (Å²) in [4.78, 5) is 0. The Morgan fingerprint density at radius 3 is 1.40 bits per heavy atom. The third kappa shape index (κ3) is 120. The van der Waals surface area contributed by atoms with Crippen LogP contribution in [0.25, 0.3) is 0 Å². The first-order valence-electron chi connectivity index (χ1n) is 3.23. The minimum Gasteiger partial charge on any atom is -0.103 e. The molecule has 1 heteroatoms. The summed E-state index contributed by atoms with van der Waals surface area (Å²) in [7, 11) is 0. The van der Waals surface area contributed by atoms with Crippen LogP contribution in [-0.2, 0) is 0 Å². The Balaban J connectivity index is -0.0000000847. The minimum atomic E-state index is 0.831. The number of rotatable bonds is 1. The van der Waals surface area contributed by atoms with Crippen molar-refractivity contribution in [1.82, 2.24) is 0 Å². The molecule has 0 aromatic rings. The summed E-state index contributed by atoms with van der Waals surface area (Å²) in [5.41, 5.74) is 0. The van der Waals surface area contributed by atoms with E-state index in [9.17, 15) is 0 Å². The van der Waals surface area contributed by atoms with E-state index in [1.165, 1.54) is 0 Å². The van der Waals surface area contributed by atoms with Crippen molar-refractivity contribution in [1.29, 1.82) is 0 Å². The van der Waals surface area contributed by atoms with Crippen molar-refractivity contribution in [3.8, 4) is 0 Å². The van der Waals surface area contributed by atoms with Crippen molar-refractivity contribution in [2.75, 3.05) is 0 Å². The third-order valence-electron chi connectivity index (χ3n) is 0.221. The molecule has 0 rings (SSSR count). The van der Waals surface area contributed by atoms with Crippen LogP contribution in [-0.4, -0.2) is 0 Å². The highest BCUT2D eigenvalue weighted by molar-refractivity contribution is 9.11. The van der Waals surface area contributed by atoms with Gasteiger partial charge >= 0.3 is 0 Å². The maximum Gasteiger partial charge on any atom is 0.00970 e. The minimum absolute atomic E-state index is 0.831. The summed E-state index contributed by atoms with van der Waals surface area (Å²) in [5.74, 6) is 0. The molecule has 0 saturated heterocycles. The Morgan fingerprint density at radius 1 is 1.30 bits per heavy atom. The lowest BCUT2D eigenvalue weighted by Crippen LogP contribution is -1.41. The van der Waals surface area contributed by atoms with Gasteiger partial charge in [0.1, 0.15) is 0 Å². The highest BCUT2D eigenvalue weighted by Crippen LogP contribution is 1.97. The molecule has 0 aromatic carbocycles. The lowest BCUT2D eigenvalue weighted by atomic mass is 10.6. The third-order valence-corrected chi connectivity index (χ3v) is 0.545. The fraction of sp³-hybridized carbons (Fsp3) is 0.333. The van der Waals surface area contributed by atoms with Gasteiger partial charge in [-0.05, 0) is 6.92 Å². The van der Waals surface area contributed by atoms with E-state index in [-0.39, 0.29) is 0 Å². The summed E-state index contributed by atoms with van der Waals surface area (Å²) >= 11 is 3.06. The number of allylic oxidation sites excluding steroid dienone is 3. The molecule has 10 heavy (non-hydrogen) atoms. The summed E-state index contributed by atoms with van der Waals surface area (Å²) in [6.07, 6.45) is 3.39. The maximum atomic E-state index is 3.47. The Hall–Kier alpha value is -0.300. The fourth-order valence-electron chi connectivity index (χ4n) is 0. The predicted molar refractivity (Wildman–Crippen MR) is 55.5 cm³/mol. The topological polar surface area (TPSA) is 0 Å². The lowest BCUT2D eigenvalue weighted by Gasteiger charge is -1.68. The van der Waals surface area contributed by atoms with Crippen molar-refractivity contribution < 1.29 is 0 Å². The monoisotopic (exact) mass is 204 g/mol. The Morgan fingerprint density at radius 2 is 1.40 bits per heavy atom. The summed E-state index contributed by atoms with van der Waals surface area (Å²) < 4.78 is 0.831. The summed E-state index contributed by atoms with van der Waals surface area (Å²) in [6.45, 7) is 16.1. The van der Waals surface area contributed by atoms with Crippen LogP contribution >= 0.6 is 15.9 Å². The smallest absolute Gasteiger partial charge is 0.00970 e. The van der Waals surface area contributed by atoms with Crippen molar-refractivity contribution in [3.63, 3.8) is 0 Å². The number of hydrogen-bond donors (Lipinski definition) is 0. The molecule has 60 valence electrons.